The first-order valence-corrected chi connectivity index (χ1v) is 6.86. The van der Waals surface area contributed by atoms with E-state index in [0.717, 1.165) is 22.9 Å². The first kappa shape index (κ1) is 13.1. The van der Waals surface area contributed by atoms with E-state index in [1.165, 1.54) is 0 Å². The first-order chi connectivity index (χ1) is 8.61. The Hall–Kier alpha value is -1.34. The molecule has 0 aliphatic carbocycles. The van der Waals surface area contributed by atoms with Crippen LogP contribution in [-0.2, 0) is 0 Å². The summed E-state index contributed by atoms with van der Waals surface area (Å²) in [5.41, 5.74) is 1.79. The third kappa shape index (κ3) is 2.73. The van der Waals surface area contributed by atoms with Gasteiger partial charge in [0.2, 0.25) is 0 Å². The monoisotopic (exact) mass is 306 g/mol. The zero-order valence-corrected chi connectivity index (χ0v) is 11.9. The topological polar surface area (TPSA) is 44.1 Å². The van der Waals surface area contributed by atoms with Crippen LogP contribution in [0.4, 0.5) is 0 Å². The third-order valence-corrected chi connectivity index (χ3v) is 4.01. The van der Waals surface area contributed by atoms with E-state index in [0.29, 0.717) is 18.7 Å². The molecule has 1 aliphatic rings. The summed E-state index contributed by atoms with van der Waals surface area (Å²) >= 11 is 3.42. The maximum absolute atomic E-state index is 12.4. The molecule has 0 radical (unpaired) electrons. The molecule has 1 amide bonds. The average Bonchev–Trinajstić information content (AvgIpc) is 2.41. The Balaban J connectivity index is 2.13. The first-order valence-electron chi connectivity index (χ1n) is 6.07. The smallest absolute Gasteiger partial charge is 0.255 e. The molecule has 18 heavy (non-hydrogen) atoms. The van der Waals surface area contributed by atoms with E-state index < -0.39 is 0 Å². The molecule has 0 spiro atoms. The number of piperidine rings is 1. The number of nitrogens with zero attached hydrogens (tertiary/aromatic N) is 2. The summed E-state index contributed by atoms with van der Waals surface area (Å²) in [6, 6.07) is 8.06. The zero-order valence-electron chi connectivity index (χ0n) is 10.3. The second-order valence-electron chi connectivity index (χ2n) is 4.68. The summed E-state index contributed by atoms with van der Waals surface area (Å²) in [6.07, 6.45) is 1.57. The molecule has 1 aromatic carbocycles. The van der Waals surface area contributed by atoms with Crippen molar-refractivity contribution in [3.63, 3.8) is 0 Å². The molecule has 3 nitrogen and oxygen atoms in total. The lowest BCUT2D eigenvalue weighted by molar-refractivity contribution is 0.0706. The highest BCUT2D eigenvalue weighted by Crippen LogP contribution is 2.23. The van der Waals surface area contributed by atoms with Gasteiger partial charge < -0.3 is 4.90 Å². The molecule has 1 saturated heterocycles. The van der Waals surface area contributed by atoms with Gasteiger partial charge in [0.25, 0.3) is 5.91 Å². The minimum absolute atomic E-state index is 0.0574. The molecule has 1 aliphatic heterocycles. The fourth-order valence-corrected chi connectivity index (χ4v) is 2.60. The minimum Gasteiger partial charge on any atom is -0.339 e. The summed E-state index contributed by atoms with van der Waals surface area (Å²) in [6.45, 7) is 3.33. The molecule has 1 aromatic rings. The molecular weight excluding hydrogens is 292 g/mol. The molecule has 94 valence electrons. The Morgan fingerprint density at radius 1 is 1.44 bits per heavy atom. The predicted octanol–water partition coefficient (Wildman–Crippen LogP) is 3.13. The summed E-state index contributed by atoms with van der Waals surface area (Å²) in [5, 5.41) is 8.85. The minimum atomic E-state index is 0.0574. The van der Waals surface area contributed by atoms with Crippen LogP contribution in [0.3, 0.4) is 0 Å². The lowest BCUT2D eigenvalue weighted by atomic mass is 9.98. The number of likely N-dealkylation sites (tertiary alicyclic amines) is 1. The summed E-state index contributed by atoms with van der Waals surface area (Å²) in [5.74, 6) is 0.164. The van der Waals surface area contributed by atoms with Crippen LogP contribution in [0, 0.1) is 24.2 Å². The van der Waals surface area contributed by atoms with Gasteiger partial charge in [-0.1, -0.05) is 11.6 Å². The molecule has 0 aromatic heterocycles. The molecule has 4 heteroatoms. The maximum Gasteiger partial charge on any atom is 0.255 e. The van der Waals surface area contributed by atoms with E-state index >= 15 is 0 Å². The van der Waals surface area contributed by atoms with Crippen LogP contribution in [0.5, 0.6) is 0 Å². The van der Waals surface area contributed by atoms with Gasteiger partial charge in [0.1, 0.15) is 0 Å². The number of nitriles is 1. The fraction of sp³-hybridized carbons (Fsp3) is 0.429. The van der Waals surface area contributed by atoms with Gasteiger partial charge in [-0.25, -0.2) is 0 Å². The Morgan fingerprint density at radius 2 is 2.11 bits per heavy atom. The summed E-state index contributed by atoms with van der Waals surface area (Å²) in [7, 11) is 0. The van der Waals surface area contributed by atoms with E-state index in [9.17, 15) is 4.79 Å². The average molecular weight is 307 g/mol. The van der Waals surface area contributed by atoms with E-state index in [-0.39, 0.29) is 11.8 Å². The van der Waals surface area contributed by atoms with E-state index in [2.05, 4.69) is 22.0 Å². The van der Waals surface area contributed by atoms with Crippen LogP contribution in [0.2, 0.25) is 0 Å². The third-order valence-electron chi connectivity index (χ3n) is 3.32. The number of benzene rings is 1. The van der Waals surface area contributed by atoms with Crippen LogP contribution in [0.1, 0.15) is 28.8 Å². The van der Waals surface area contributed by atoms with Crippen molar-refractivity contribution in [3.8, 4) is 6.07 Å². The van der Waals surface area contributed by atoms with Crippen LogP contribution >= 0.6 is 15.9 Å². The van der Waals surface area contributed by atoms with Crippen LogP contribution in [0.15, 0.2) is 22.7 Å². The van der Waals surface area contributed by atoms with E-state index in [1.807, 2.05) is 30.0 Å². The van der Waals surface area contributed by atoms with Crippen molar-refractivity contribution in [2.24, 2.45) is 5.92 Å². The highest BCUT2D eigenvalue weighted by atomic mass is 79.9. The molecule has 0 saturated carbocycles. The predicted molar refractivity (Wildman–Crippen MR) is 73.1 cm³/mol. The van der Waals surface area contributed by atoms with Crippen molar-refractivity contribution in [1.82, 2.24) is 4.90 Å². The number of carbonyl (C=O) groups is 1. The van der Waals surface area contributed by atoms with Gasteiger partial charge in [-0.3, -0.25) is 4.79 Å². The molecule has 0 unspecified atom stereocenters. The number of halogens is 1. The zero-order chi connectivity index (χ0) is 13.1. The van der Waals surface area contributed by atoms with Crippen molar-refractivity contribution in [2.45, 2.75) is 19.8 Å². The number of aryl methyl sites for hydroxylation is 1. The number of hydrogen-bond acceptors (Lipinski definition) is 2. The molecule has 1 heterocycles. The van der Waals surface area contributed by atoms with Crippen LogP contribution < -0.4 is 0 Å². The van der Waals surface area contributed by atoms with Crippen molar-refractivity contribution in [3.05, 3.63) is 33.8 Å². The van der Waals surface area contributed by atoms with Gasteiger partial charge in [-0.15, -0.1) is 0 Å². The molecule has 2 rings (SSSR count). The second-order valence-corrected chi connectivity index (χ2v) is 5.53. The summed E-state index contributed by atoms with van der Waals surface area (Å²) < 4.78 is 0.834. The van der Waals surface area contributed by atoms with Crippen LogP contribution in [-0.4, -0.2) is 23.9 Å². The summed E-state index contributed by atoms with van der Waals surface area (Å²) in [4.78, 5) is 14.2. The Kier molecular flexibility index (Phi) is 4.03. The van der Waals surface area contributed by atoms with E-state index in [4.69, 9.17) is 5.26 Å². The van der Waals surface area contributed by atoms with Gasteiger partial charge in [0, 0.05) is 23.5 Å². The quantitative estimate of drug-likeness (QED) is 0.800. The second kappa shape index (κ2) is 5.53. The normalized spacial score (nSPS) is 16.4. The van der Waals surface area contributed by atoms with Gasteiger partial charge in [-0.05, 0) is 47.8 Å². The van der Waals surface area contributed by atoms with Crippen molar-refractivity contribution < 1.29 is 4.79 Å². The Labute approximate surface area is 116 Å². The van der Waals surface area contributed by atoms with Crippen molar-refractivity contribution >= 4 is 21.8 Å². The van der Waals surface area contributed by atoms with E-state index in [1.54, 1.807) is 0 Å². The highest BCUT2D eigenvalue weighted by Gasteiger charge is 2.24. The number of carbonyl (C=O) groups excluding carboxylic acids is 1. The molecular formula is C14H15BrN2O. The largest absolute Gasteiger partial charge is 0.339 e. The fourth-order valence-electron chi connectivity index (χ4n) is 2.19. The van der Waals surface area contributed by atoms with Crippen LogP contribution in [0.25, 0.3) is 0 Å². The number of amides is 1. The molecule has 0 atom stereocenters. The van der Waals surface area contributed by atoms with Crippen molar-refractivity contribution in [1.29, 1.82) is 5.26 Å². The maximum atomic E-state index is 12.4. The van der Waals surface area contributed by atoms with Gasteiger partial charge >= 0.3 is 0 Å². The lowest BCUT2D eigenvalue weighted by Crippen LogP contribution is -2.38. The SMILES string of the molecule is Cc1ccc(Br)c(C(=O)N2CCC(C#N)CC2)c1. The highest BCUT2D eigenvalue weighted by molar-refractivity contribution is 9.10. The van der Waals surface area contributed by atoms with Gasteiger partial charge in [0.15, 0.2) is 0 Å². The molecule has 0 bridgehead atoms. The standard InChI is InChI=1S/C14H15BrN2O/c1-10-2-3-13(15)12(8-10)14(18)17-6-4-11(9-16)5-7-17/h2-3,8,11H,4-7H2,1H3. The lowest BCUT2D eigenvalue weighted by Gasteiger charge is -2.29. The number of hydrogen-bond donors (Lipinski definition) is 0. The molecule has 0 N–H and O–H groups in total. The Morgan fingerprint density at radius 3 is 2.72 bits per heavy atom. The van der Waals surface area contributed by atoms with Gasteiger partial charge in [0.05, 0.1) is 11.6 Å². The number of rotatable bonds is 1. The van der Waals surface area contributed by atoms with Crippen molar-refractivity contribution in [2.75, 3.05) is 13.1 Å². The van der Waals surface area contributed by atoms with Gasteiger partial charge in [-0.2, -0.15) is 5.26 Å². The Bertz CT molecular complexity index is 499. The molecule has 1 fully saturated rings.